The minimum absolute atomic E-state index is 0.000000000000000444. The lowest BCUT2D eigenvalue weighted by atomic mass is 9.98. The van der Waals surface area contributed by atoms with Gasteiger partial charge >= 0.3 is 0 Å². The van der Waals surface area contributed by atoms with Crippen LogP contribution in [0.2, 0.25) is 26.4 Å². The Kier molecular flexibility index (Phi) is 13.2. The molecule has 0 fully saturated rings. The largest absolute Gasteiger partial charge is 0.343 e. The van der Waals surface area contributed by atoms with E-state index in [0.29, 0.717) is 5.82 Å². The molecule has 8 nitrogen and oxygen atoms in total. The predicted octanol–water partition coefficient (Wildman–Crippen LogP) is 11.2. The van der Waals surface area contributed by atoms with Crippen LogP contribution in [0.3, 0.4) is 0 Å². The van der Waals surface area contributed by atoms with Crippen molar-refractivity contribution in [3.8, 4) is 11.5 Å². The summed E-state index contributed by atoms with van der Waals surface area (Å²) in [7, 11) is 0. The van der Waals surface area contributed by atoms with Crippen LogP contribution in [0.1, 0.15) is 34.3 Å². The van der Waals surface area contributed by atoms with Gasteiger partial charge in [0, 0.05) is 18.6 Å². The van der Waals surface area contributed by atoms with Crippen LogP contribution in [-0.4, -0.2) is 39.0 Å². The number of aromatic nitrogens is 8. The first-order valence-electron chi connectivity index (χ1n) is 16.1. The number of halogens is 5. The van der Waals surface area contributed by atoms with E-state index in [0.717, 1.165) is 16.8 Å². The summed E-state index contributed by atoms with van der Waals surface area (Å²) in [4.78, 5) is 22.7. The van der Waals surface area contributed by atoms with Gasteiger partial charge in [0.2, 0.25) is 26.4 Å². The zero-order valence-corrected chi connectivity index (χ0v) is 31.5. The summed E-state index contributed by atoms with van der Waals surface area (Å²) in [5.41, 5.74) is 5.73. The lowest BCUT2D eigenvalue weighted by Crippen LogP contribution is -2.13. The quantitative estimate of drug-likeness (QED) is 0.160. The molecule has 0 saturated carbocycles. The Hall–Kier alpha value is -5.09. The van der Waals surface area contributed by atoms with Gasteiger partial charge in [-0.15, -0.1) is 0 Å². The maximum atomic E-state index is 5.98. The molecule has 8 aromatic rings. The van der Waals surface area contributed by atoms with E-state index in [4.69, 9.17) is 58.0 Å². The molecule has 0 aliphatic heterocycles. The van der Waals surface area contributed by atoms with Gasteiger partial charge in [0.05, 0.1) is 17.8 Å². The van der Waals surface area contributed by atoms with Crippen molar-refractivity contribution in [3.05, 3.63) is 213 Å². The van der Waals surface area contributed by atoms with Crippen LogP contribution in [0.4, 0.5) is 0 Å². The van der Waals surface area contributed by atoms with Crippen LogP contribution in [-0.2, 0) is 0 Å². The summed E-state index contributed by atoms with van der Waals surface area (Å²) in [5.74, 6) is 0.442. The van der Waals surface area contributed by atoms with Gasteiger partial charge in [0.25, 0.3) is 0 Å². The van der Waals surface area contributed by atoms with E-state index in [2.05, 4.69) is 148 Å². The van der Waals surface area contributed by atoms with Crippen molar-refractivity contribution in [1.29, 1.82) is 0 Å². The molecule has 264 valence electrons. The molecule has 13 heteroatoms. The fourth-order valence-corrected chi connectivity index (χ4v) is 6.64. The SMILES string of the molecule is Clc1nc(Cl)nc(-c2cccn2C(c2ccccc2)c2ccccc2)n1.Clc1nc(Cl)nc(Cl)n1.c1ccc(C(c2ccccc2)n2cccc2)cc1. The van der Waals surface area contributed by atoms with E-state index >= 15 is 0 Å². The molecular formula is C40H29Cl5N8. The summed E-state index contributed by atoms with van der Waals surface area (Å²) in [5, 5.41) is 0.146. The fraction of sp³-hybridized carbons (Fsp3) is 0.0500. The second-order valence-electron chi connectivity index (χ2n) is 11.2. The molecule has 0 aliphatic rings. The maximum absolute atomic E-state index is 5.98. The second kappa shape index (κ2) is 18.6. The Morgan fingerprint density at radius 2 is 0.679 bits per heavy atom. The predicted molar refractivity (Wildman–Crippen MR) is 213 cm³/mol. The molecule has 0 aliphatic carbocycles. The van der Waals surface area contributed by atoms with E-state index in [1.165, 1.54) is 11.1 Å². The Labute approximate surface area is 331 Å². The molecule has 0 N–H and O–H groups in total. The average molecular weight is 799 g/mol. The van der Waals surface area contributed by atoms with Gasteiger partial charge in [0.15, 0.2) is 5.82 Å². The standard InChI is InChI=1S/C20H14Cl2N4.C17H15N.C3Cl3N3/c21-19-23-18(24-20(22)25-19)16-12-7-13-26(16)17(14-8-3-1-4-9-14)15-10-5-2-6-11-15;1-3-9-15(10-4-1)17(18-13-7-8-14-18)16-11-5-2-6-12-16;4-1-7-2(5)9-3(6)8-1/h1-13,17H;1-14,17H;. The molecule has 0 bridgehead atoms. The van der Waals surface area contributed by atoms with Crippen LogP contribution in [0, 0.1) is 0 Å². The van der Waals surface area contributed by atoms with Crippen molar-refractivity contribution in [2.45, 2.75) is 12.1 Å². The number of rotatable bonds is 7. The fourth-order valence-electron chi connectivity index (χ4n) is 5.66. The molecule has 8 rings (SSSR count). The van der Waals surface area contributed by atoms with Crippen LogP contribution in [0.5, 0.6) is 0 Å². The summed E-state index contributed by atoms with van der Waals surface area (Å²) >= 11 is 27.9. The third kappa shape index (κ3) is 10.3. The average Bonchev–Trinajstić information content (AvgIpc) is 3.87. The van der Waals surface area contributed by atoms with Crippen molar-refractivity contribution in [2.75, 3.05) is 0 Å². The van der Waals surface area contributed by atoms with Crippen molar-refractivity contribution in [3.63, 3.8) is 0 Å². The lowest BCUT2D eigenvalue weighted by molar-refractivity contribution is 0.682. The topological polar surface area (TPSA) is 87.2 Å². The number of hydrogen-bond acceptors (Lipinski definition) is 6. The van der Waals surface area contributed by atoms with Gasteiger partial charge in [-0.05, 0) is 105 Å². The Bertz CT molecular complexity index is 2160. The summed E-state index contributed by atoms with van der Waals surface area (Å²) in [6, 6.07) is 50.0. The minimum Gasteiger partial charge on any atom is -0.343 e. The first-order valence-corrected chi connectivity index (χ1v) is 18.0. The summed E-state index contributed by atoms with van der Waals surface area (Å²) < 4.78 is 4.36. The Morgan fingerprint density at radius 1 is 0.340 bits per heavy atom. The first kappa shape index (κ1) is 37.7. The smallest absolute Gasteiger partial charge is 0.227 e. The third-order valence-corrected chi connectivity index (χ3v) is 8.65. The molecule has 0 amide bonds. The molecule has 0 saturated heterocycles. The molecule has 0 atom stereocenters. The second-order valence-corrected chi connectivity index (χ2v) is 12.9. The third-order valence-electron chi connectivity index (χ3n) is 7.81. The van der Waals surface area contributed by atoms with Gasteiger partial charge in [-0.1, -0.05) is 121 Å². The highest BCUT2D eigenvalue weighted by Gasteiger charge is 2.21. The van der Waals surface area contributed by atoms with Gasteiger partial charge in [-0.3, -0.25) is 0 Å². The molecule has 4 aromatic heterocycles. The van der Waals surface area contributed by atoms with Crippen molar-refractivity contribution >= 4 is 58.0 Å². The molecule has 0 radical (unpaired) electrons. The minimum atomic E-state index is -0.0308. The summed E-state index contributed by atoms with van der Waals surface area (Å²) in [6.45, 7) is 0. The van der Waals surface area contributed by atoms with E-state index < -0.39 is 0 Å². The molecule has 0 spiro atoms. The van der Waals surface area contributed by atoms with E-state index in [1.54, 1.807) is 0 Å². The van der Waals surface area contributed by atoms with Crippen molar-refractivity contribution < 1.29 is 0 Å². The molecule has 0 unspecified atom stereocenters. The van der Waals surface area contributed by atoms with Gasteiger partial charge in [-0.2, -0.15) is 29.9 Å². The first-order chi connectivity index (χ1) is 25.9. The highest BCUT2D eigenvalue weighted by Crippen LogP contribution is 2.32. The Morgan fingerprint density at radius 3 is 1.06 bits per heavy atom. The van der Waals surface area contributed by atoms with Gasteiger partial charge < -0.3 is 9.13 Å². The normalized spacial score (nSPS) is 10.7. The molecule has 4 heterocycles. The van der Waals surface area contributed by atoms with E-state index in [1.807, 2.05) is 54.7 Å². The molecule has 53 heavy (non-hydrogen) atoms. The monoisotopic (exact) mass is 796 g/mol. The van der Waals surface area contributed by atoms with Crippen molar-refractivity contribution in [1.82, 2.24) is 39.0 Å². The highest BCUT2D eigenvalue weighted by atomic mass is 35.5. The maximum Gasteiger partial charge on any atom is 0.227 e. The number of benzene rings is 4. The van der Waals surface area contributed by atoms with Crippen LogP contribution in [0.15, 0.2) is 164 Å². The van der Waals surface area contributed by atoms with Crippen molar-refractivity contribution in [2.24, 2.45) is 0 Å². The molecule has 4 aromatic carbocycles. The number of hydrogen-bond donors (Lipinski definition) is 0. The number of nitrogens with zero attached hydrogens (tertiary/aromatic N) is 8. The van der Waals surface area contributed by atoms with Gasteiger partial charge in [-0.25, -0.2) is 0 Å². The van der Waals surface area contributed by atoms with Crippen LogP contribution < -0.4 is 0 Å². The summed E-state index contributed by atoms with van der Waals surface area (Å²) in [6.07, 6.45) is 6.24. The lowest BCUT2D eigenvalue weighted by Gasteiger charge is -2.22. The zero-order valence-electron chi connectivity index (χ0n) is 27.7. The van der Waals surface area contributed by atoms with Crippen LogP contribution in [0.25, 0.3) is 11.5 Å². The van der Waals surface area contributed by atoms with Crippen LogP contribution >= 0.6 is 58.0 Å². The Balaban J connectivity index is 0.000000153. The van der Waals surface area contributed by atoms with E-state index in [9.17, 15) is 0 Å². The highest BCUT2D eigenvalue weighted by molar-refractivity contribution is 6.33. The van der Waals surface area contributed by atoms with E-state index in [-0.39, 0.29) is 38.5 Å². The molecular weight excluding hydrogens is 770 g/mol. The zero-order chi connectivity index (χ0) is 37.0. The van der Waals surface area contributed by atoms with Gasteiger partial charge in [0.1, 0.15) is 0 Å².